The number of methoxy groups -OCH3 is 1. The highest BCUT2D eigenvalue weighted by atomic mass is 16.5. The van der Waals surface area contributed by atoms with E-state index in [2.05, 4.69) is 0 Å². The van der Waals surface area contributed by atoms with Crippen LogP contribution in [0.3, 0.4) is 0 Å². The van der Waals surface area contributed by atoms with E-state index in [1.807, 2.05) is 31.2 Å². The summed E-state index contributed by atoms with van der Waals surface area (Å²) in [6, 6.07) is 14.3. The third-order valence-electron chi connectivity index (χ3n) is 3.38. The molecule has 0 saturated heterocycles. The zero-order chi connectivity index (χ0) is 17.4. The van der Waals surface area contributed by atoms with Crippen molar-refractivity contribution in [1.29, 1.82) is 0 Å². The Morgan fingerprint density at radius 2 is 1.88 bits per heavy atom. The third kappa shape index (κ3) is 5.59. The van der Waals surface area contributed by atoms with E-state index in [-0.39, 0.29) is 11.7 Å². The molecule has 5 nitrogen and oxygen atoms in total. The first-order valence-corrected chi connectivity index (χ1v) is 7.79. The maximum absolute atomic E-state index is 10.9. The van der Waals surface area contributed by atoms with Crippen molar-refractivity contribution in [2.24, 2.45) is 0 Å². The minimum absolute atomic E-state index is 0.0136. The Kier molecular flexibility index (Phi) is 6.63. The van der Waals surface area contributed by atoms with Gasteiger partial charge < -0.3 is 19.3 Å². The van der Waals surface area contributed by atoms with E-state index in [9.17, 15) is 4.79 Å². The predicted molar refractivity (Wildman–Crippen MR) is 91.0 cm³/mol. The Hall–Kier alpha value is -2.53. The second-order valence-corrected chi connectivity index (χ2v) is 5.46. The summed E-state index contributed by atoms with van der Waals surface area (Å²) in [4.78, 5) is 10.9. The highest BCUT2D eigenvalue weighted by Gasteiger charge is 2.06. The Morgan fingerprint density at radius 1 is 1.12 bits per heavy atom. The number of benzene rings is 2. The van der Waals surface area contributed by atoms with Crippen LogP contribution >= 0.6 is 0 Å². The van der Waals surface area contributed by atoms with Crippen LogP contribution in [0, 0.1) is 0 Å². The quantitative estimate of drug-likeness (QED) is 0.763. The smallest absolute Gasteiger partial charge is 0.335 e. The number of aromatic carboxylic acids is 1. The third-order valence-corrected chi connectivity index (χ3v) is 3.38. The maximum Gasteiger partial charge on any atom is 0.335 e. The molecule has 0 fully saturated rings. The molecule has 2 aromatic rings. The minimum atomic E-state index is -0.963. The summed E-state index contributed by atoms with van der Waals surface area (Å²) >= 11 is 0. The first kappa shape index (κ1) is 17.8. The van der Waals surface area contributed by atoms with Gasteiger partial charge in [0.1, 0.15) is 17.6 Å². The highest BCUT2D eigenvalue weighted by molar-refractivity contribution is 5.87. The van der Waals surface area contributed by atoms with Gasteiger partial charge in [0.05, 0.1) is 18.8 Å². The average molecular weight is 330 g/mol. The maximum atomic E-state index is 10.9. The molecule has 1 N–H and O–H groups in total. The van der Waals surface area contributed by atoms with Crippen LogP contribution in [0.1, 0.15) is 22.8 Å². The van der Waals surface area contributed by atoms with E-state index in [0.29, 0.717) is 25.4 Å². The molecule has 0 amide bonds. The van der Waals surface area contributed by atoms with Crippen molar-refractivity contribution in [3.8, 4) is 11.5 Å². The lowest BCUT2D eigenvalue weighted by Crippen LogP contribution is -2.18. The largest absolute Gasteiger partial charge is 0.493 e. The topological polar surface area (TPSA) is 65.0 Å². The Balaban J connectivity index is 1.88. The van der Waals surface area contributed by atoms with Crippen molar-refractivity contribution in [3.63, 3.8) is 0 Å². The first-order valence-electron chi connectivity index (χ1n) is 7.79. The number of rotatable bonds is 9. The number of carboxylic acid groups (broad SMARTS) is 1. The molecule has 0 aliphatic heterocycles. The van der Waals surface area contributed by atoms with E-state index >= 15 is 0 Å². The van der Waals surface area contributed by atoms with E-state index < -0.39 is 5.97 Å². The van der Waals surface area contributed by atoms with Crippen LogP contribution in [0.4, 0.5) is 0 Å². The lowest BCUT2D eigenvalue weighted by molar-refractivity contribution is 0.0696. The summed E-state index contributed by atoms with van der Waals surface area (Å²) in [5, 5.41) is 8.97. The van der Waals surface area contributed by atoms with E-state index in [1.54, 1.807) is 19.2 Å². The second-order valence-electron chi connectivity index (χ2n) is 5.46. The number of hydrogen-bond acceptors (Lipinski definition) is 4. The highest BCUT2D eigenvalue weighted by Crippen LogP contribution is 2.17. The molecule has 0 radical (unpaired) electrons. The summed E-state index contributed by atoms with van der Waals surface area (Å²) in [5.74, 6) is 0.386. The molecule has 0 heterocycles. The molecule has 24 heavy (non-hydrogen) atoms. The van der Waals surface area contributed by atoms with Crippen LogP contribution in [0.15, 0.2) is 48.5 Å². The molecule has 0 aliphatic rings. The van der Waals surface area contributed by atoms with Gasteiger partial charge in [-0.2, -0.15) is 0 Å². The lowest BCUT2D eigenvalue weighted by Gasteiger charge is -2.14. The van der Waals surface area contributed by atoms with Crippen LogP contribution in [0.5, 0.6) is 11.5 Å². The summed E-state index contributed by atoms with van der Waals surface area (Å²) in [7, 11) is 1.65. The predicted octanol–water partition coefficient (Wildman–Crippen LogP) is 3.42. The van der Waals surface area contributed by atoms with E-state index in [0.717, 1.165) is 11.3 Å². The van der Waals surface area contributed by atoms with Gasteiger partial charge in [0.2, 0.25) is 0 Å². The number of carboxylic acids is 1. The zero-order valence-electron chi connectivity index (χ0n) is 13.9. The Labute approximate surface area is 141 Å². The Bertz CT molecular complexity index is 668. The van der Waals surface area contributed by atoms with Gasteiger partial charge in [0.15, 0.2) is 0 Å². The zero-order valence-corrected chi connectivity index (χ0v) is 13.9. The molecule has 0 bridgehead atoms. The normalized spacial score (nSPS) is 11.8. The van der Waals surface area contributed by atoms with Crippen molar-refractivity contribution in [2.45, 2.75) is 19.4 Å². The molecular weight excluding hydrogens is 308 g/mol. The number of ether oxygens (including phenoxy) is 3. The molecule has 2 aromatic carbocycles. The monoisotopic (exact) mass is 330 g/mol. The molecule has 0 aliphatic carbocycles. The van der Waals surface area contributed by atoms with Gasteiger partial charge >= 0.3 is 5.97 Å². The van der Waals surface area contributed by atoms with Gasteiger partial charge in [-0.3, -0.25) is 0 Å². The van der Waals surface area contributed by atoms with Gasteiger partial charge in [0.25, 0.3) is 0 Å². The molecule has 0 saturated carbocycles. The lowest BCUT2D eigenvalue weighted by atomic mass is 10.1. The summed E-state index contributed by atoms with van der Waals surface area (Å²) in [6.07, 6.45) is 0.688. The molecule has 128 valence electrons. The standard InChI is InChI=1S/C19H22O5/c1-14(13-22-2)24-18-8-3-5-15(11-18)9-10-23-17-7-4-6-16(12-17)19(20)21/h3-8,11-12,14H,9-10,13H2,1-2H3,(H,20,21)/t14-/m0/s1. The number of hydrogen-bond donors (Lipinski definition) is 1. The molecule has 0 unspecified atom stereocenters. The van der Waals surface area contributed by atoms with Crippen LogP contribution < -0.4 is 9.47 Å². The number of carbonyl (C=O) groups is 1. The van der Waals surface area contributed by atoms with Gasteiger partial charge in [0, 0.05) is 13.5 Å². The summed E-state index contributed by atoms with van der Waals surface area (Å²) < 4.78 is 16.5. The van der Waals surface area contributed by atoms with Crippen LogP contribution in [-0.2, 0) is 11.2 Å². The molecule has 0 spiro atoms. The van der Waals surface area contributed by atoms with Crippen molar-refractivity contribution < 1.29 is 24.1 Å². The molecule has 0 aromatic heterocycles. The van der Waals surface area contributed by atoms with Crippen LogP contribution in [0.25, 0.3) is 0 Å². The average Bonchev–Trinajstić information content (AvgIpc) is 2.55. The fraction of sp³-hybridized carbons (Fsp3) is 0.316. The van der Waals surface area contributed by atoms with E-state index in [4.69, 9.17) is 19.3 Å². The van der Waals surface area contributed by atoms with E-state index in [1.165, 1.54) is 12.1 Å². The van der Waals surface area contributed by atoms with Crippen LogP contribution in [0.2, 0.25) is 0 Å². The fourth-order valence-corrected chi connectivity index (χ4v) is 2.28. The summed E-state index contributed by atoms with van der Waals surface area (Å²) in [5.41, 5.74) is 1.31. The summed E-state index contributed by atoms with van der Waals surface area (Å²) in [6.45, 7) is 2.95. The molecule has 5 heteroatoms. The second kappa shape index (κ2) is 8.93. The van der Waals surface area contributed by atoms with Crippen molar-refractivity contribution in [1.82, 2.24) is 0 Å². The fourth-order valence-electron chi connectivity index (χ4n) is 2.28. The van der Waals surface area contributed by atoms with Crippen molar-refractivity contribution in [3.05, 3.63) is 59.7 Å². The SMILES string of the molecule is COC[C@H](C)Oc1cccc(CCOc2cccc(C(=O)O)c2)c1. The van der Waals surface area contributed by atoms with Gasteiger partial charge in [-0.05, 0) is 42.8 Å². The van der Waals surface area contributed by atoms with Crippen molar-refractivity contribution in [2.75, 3.05) is 20.3 Å². The molecule has 2 rings (SSSR count). The van der Waals surface area contributed by atoms with Gasteiger partial charge in [-0.15, -0.1) is 0 Å². The van der Waals surface area contributed by atoms with Crippen molar-refractivity contribution >= 4 is 5.97 Å². The first-order chi connectivity index (χ1) is 11.6. The van der Waals surface area contributed by atoms with Crippen LogP contribution in [-0.4, -0.2) is 37.5 Å². The molecular formula is C19H22O5. The van der Waals surface area contributed by atoms with Gasteiger partial charge in [-0.25, -0.2) is 4.79 Å². The Morgan fingerprint density at radius 3 is 2.62 bits per heavy atom. The molecule has 1 atom stereocenters. The minimum Gasteiger partial charge on any atom is -0.493 e. The van der Waals surface area contributed by atoms with Gasteiger partial charge in [-0.1, -0.05) is 18.2 Å².